The monoisotopic (exact) mass is 510 g/mol. The zero-order valence-corrected chi connectivity index (χ0v) is 21.2. The van der Waals surface area contributed by atoms with E-state index in [4.69, 9.17) is 25.9 Å². The summed E-state index contributed by atoms with van der Waals surface area (Å²) < 4.78 is 11.3. The normalized spacial score (nSPS) is 11.7. The number of nitrogens with zero attached hydrogens (tertiary/aromatic N) is 2. The van der Waals surface area contributed by atoms with Gasteiger partial charge in [-0.2, -0.15) is 0 Å². The van der Waals surface area contributed by atoms with E-state index >= 15 is 0 Å². The van der Waals surface area contributed by atoms with Gasteiger partial charge in [-0.25, -0.2) is 4.98 Å². The SMILES string of the molecule is COc1ccc(/C=C/C(/C=C/c2ccccc2OCc2ccccc2)=N\OCc2ccc(Cl)nc2)cc1. The van der Waals surface area contributed by atoms with E-state index in [2.05, 4.69) is 10.1 Å². The molecule has 0 fully saturated rings. The van der Waals surface area contributed by atoms with Crippen LogP contribution in [0.5, 0.6) is 11.5 Å². The maximum Gasteiger partial charge on any atom is 0.143 e. The van der Waals surface area contributed by atoms with Crippen LogP contribution in [0.3, 0.4) is 0 Å². The minimum absolute atomic E-state index is 0.272. The first kappa shape index (κ1) is 25.7. The summed E-state index contributed by atoms with van der Waals surface area (Å²) in [5, 5.41) is 4.78. The summed E-state index contributed by atoms with van der Waals surface area (Å²) >= 11 is 5.87. The van der Waals surface area contributed by atoms with Crippen molar-refractivity contribution < 1.29 is 14.3 Å². The molecule has 0 radical (unpaired) electrons. The van der Waals surface area contributed by atoms with Crippen molar-refractivity contribution in [2.45, 2.75) is 13.2 Å². The van der Waals surface area contributed by atoms with E-state index in [1.165, 1.54) is 0 Å². The van der Waals surface area contributed by atoms with Gasteiger partial charge in [0.05, 0.1) is 7.11 Å². The molecule has 0 N–H and O–H groups in total. The van der Waals surface area contributed by atoms with E-state index in [9.17, 15) is 0 Å². The molecular formula is C31H27ClN2O3. The predicted octanol–water partition coefficient (Wildman–Crippen LogP) is 7.62. The Kier molecular flexibility index (Phi) is 9.50. The molecule has 1 aromatic heterocycles. The molecule has 4 rings (SSSR count). The highest BCUT2D eigenvalue weighted by atomic mass is 35.5. The zero-order valence-electron chi connectivity index (χ0n) is 20.5. The first-order valence-corrected chi connectivity index (χ1v) is 12.1. The van der Waals surface area contributed by atoms with Crippen LogP contribution in [0.2, 0.25) is 5.15 Å². The van der Waals surface area contributed by atoms with Crippen LogP contribution in [0.15, 0.2) is 115 Å². The molecule has 3 aromatic carbocycles. The maximum absolute atomic E-state index is 6.09. The predicted molar refractivity (Wildman–Crippen MR) is 150 cm³/mol. The van der Waals surface area contributed by atoms with Crippen molar-refractivity contribution in [3.05, 3.63) is 137 Å². The maximum atomic E-state index is 6.09. The standard InChI is InChI=1S/C31H27ClN2O3/c1-35-29-18-12-24(13-19-29)11-16-28(34-37-23-26-14-20-31(32)33-21-26)17-15-27-9-5-6-10-30(27)36-22-25-7-3-2-4-8-25/h2-21H,22-23H2,1H3/b16-11+,17-15+,34-28+. The Balaban J connectivity index is 1.51. The Labute approximate surface area is 222 Å². The minimum atomic E-state index is 0.272. The van der Waals surface area contributed by atoms with Crippen LogP contribution in [0.25, 0.3) is 12.2 Å². The van der Waals surface area contributed by atoms with E-state index in [0.717, 1.165) is 33.8 Å². The third kappa shape index (κ3) is 8.37. The Morgan fingerprint density at radius 2 is 1.57 bits per heavy atom. The molecule has 6 heteroatoms. The molecular weight excluding hydrogens is 484 g/mol. The summed E-state index contributed by atoms with van der Waals surface area (Å²) in [6.45, 7) is 0.761. The Hall–Kier alpha value is -4.35. The largest absolute Gasteiger partial charge is 0.497 e. The van der Waals surface area contributed by atoms with Gasteiger partial charge in [0, 0.05) is 17.3 Å². The van der Waals surface area contributed by atoms with Gasteiger partial charge in [0.1, 0.15) is 35.6 Å². The average molecular weight is 511 g/mol. The van der Waals surface area contributed by atoms with Gasteiger partial charge in [0.15, 0.2) is 0 Å². The second-order valence-corrected chi connectivity index (χ2v) is 8.42. The lowest BCUT2D eigenvalue weighted by molar-refractivity contribution is 0.131. The van der Waals surface area contributed by atoms with E-state index in [1.54, 1.807) is 19.4 Å². The number of hydrogen-bond acceptors (Lipinski definition) is 5. The molecule has 1 heterocycles. The average Bonchev–Trinajstić information content (AvgIpc) is 2.95. The summed E-state index contributed by atoms with van der Waals surface area (Å²) in [6.07, 6.45) is 9.38. The van der Waals surface area contributed by atoms with Gasteiger partial charge in [0.25, 0.3) is 0 Å². The lowest BCUT2D eigenvalue weighted by Crippen LogP contribution is -1.97. The molecule has 0 saturated heterocycles. The molecule has 0 spiro atoms. The number of rotatable bonds is 11. The van der Waals surface area contributed by atoms with Crippen molar-refractivity contribution in [3.8, 4) is 11.5 Å². The number of aromatic nitrogens is 1. The van der Waals surface area contributed by atoms with E-state index < -0.39 is 0 Å². The highest BCUT2D eigenvalue weighted by molar-refractivity contribution is 6.29. The number of para-hydroxylation sites is 1. The zero-order chi connectivity index (χ0) is 25.7. The second-order valence-electron chi connectivity index (χ2n) is 8.03. The molecule has 0 aliphatic rings. The van der Waals surface area contributed by atoms with Crippen LogP contribution in [-0.4, -0.2) is 17.8 Å². The number of benzene rings is 3. The fourth-order valence-electron chi connectivity index (χ4n) is 3.35. The summed E-state index contributed by atoms with van der Waals surface area (Å²) in [7, 11) is 1.65. The Morgan fingerprint density at radius 1 is 0.811 bits per heavy atom. The van der Waals surface area contributed by atoms with E-state index in [0.29, 0.717) is 17.5 Å². The number of pyridine rings is 1. The Morgan fingerprint density at radius 3 is 2.32 bits per heavy atom. The van der Waals surface area contributed by atoms with Gasteiger partial charge < -0.3 is 14.3 Å². The summed E-state index contributed by atoms with van der Waals surface area (Å²) in [5.74, 6) is 1.59. The molecule has 0 aliphatic heterocycles. The van der Waals surface area contributed by atoms with Crippen LogP contribution in [-0.2, 0) is 18.1 Å². The van der Waals surface area contributed by atoms with E-state index in [-0.39, 0.29) is 6.61 Å². The van der Waals surface area contributed by atoms with Gasteiger partial charge in [-0.1, -0.05) is 89.6 Å². The number of methoxy groups -OCH3 is 1. The van der Waals surface area contributed by atoms with Gasteiger partial charge >= 0.3 is 0 Å². The second kappa shape index (κ2) is 13.7. The quantitative estimate of drug-likeness (QED) is 0.118. The lowest BCUT2D eigenvalue weighted by atomic mass is 10.1. The van der Waals surface area contributed by atoms with Gasteiger partial charge in [-0.05, 0) is 53.6 Å². The van der Waals surface area contributed by atoms with Gasteiger partial charge in [0.2, 0.25) is 0 Å². The Bertz CT molecular complexity index is 1350. The molecule has 4 aromatic rings. The smallest absolute Gasteiger partial charge is 0.143 e. The molecule has 186 valence electrons. The van der Waals surface area contributed by atoms with Crippen molar-refractivity contribution in [2.75, 3.05) is 7.11 Å². The number of oxime groups is 1. The van der Waals surface area contributed by atoms with E-state index in [1.807, 2.05) is 109 Å². The number of ether oxygens (including phenoxy) is 2. The van der Waals surface area contributed by atoms with Crippen molar-refractivity contribution in [1.29, 1.82) is 0 Å². The van der Waals surface area contributed by atoms with Crippen LogP contribution in [0.1, 0.15) is 22.3 Å². The van der Waals surface area contributed by atoms with Crippen molar-refractivity contribution in [3.63, 3.8) is 0 Å². The number of hydrogen-bond donors (Lipinski definition) is 0. The van der Waals surface area contributed by atoms with Crippen LogP contribution < -0.4 is 9.47 Å². The van der Waals surface area contributed by atoms with Crippen molar-refractivity contribution in [1.82, 2.24) is 4.98 Å². The first-order chi connectivity index (χ1) is 18.2. The molecule has 0 unspecified atom stereocenters. The van der Waals surface area contributed by atoms with Crippen LogP contribution >= 0.6 is 11.6 Å². The van der Waals surface area contributed by atoms with Crippen LogP contribution in [0, 0.1) is 0 Å². The molecule has 5 nitrogen and oxygen atoms in total. The highest BCUT2D eigenvalue weighted by Crippen LogP contribution is 2.21. The minimum Gasteiger partial charge on any atom is -0.497 e. The fourth-order valence-corrected chi connectivity index (χ4v) is 3.46. The molecule has 0 bridgehead atoms. The molecule has 0 amide bonds. The summed E-state index contributed by atoms with van der Waals surface area (Å²) in [5.41, 5.74) is 4.56. The molecule has 0 atom stereocenters. The number of halogens is 1. The summed E-state index contributed by atoms with van der Waals surface area (Å²) in [6, 6.07) is 29.3. The topological polar surface area (TPSA) is 52.9 Å². The van der Waals surface area contributed by atoms with Gasteiger partial charge in [-0.3, -0.25) is 0 Å². The molecule has 37 heavy (non-hydrogen) atoms. The first-order valence-electron chi connectivity index (χ1n) is 11.8. The van der Waals surface area contributed by atoms with Crippen molar-refractivity contribution >= 4 is 29.5 Å². The highest BCUT2D eigenvalue weighted by Gasteiger charge is 2.02. The van der Waals surface area contributed by atoms with Crippen molar-refractivity contribution in [2.24, 2.45) is 5.16 Å². The number of allylic oxidation sites excluding steroid dienone is 2. The molecule has 0 aliphatic carbocycles. The lowest BCUT2D eigenvalue weighted by Gasteiger charge is -2.09. The third-order valence-corrected chi connectivity index (χ3v) is 5.57. The summed E-state index contributed by atoms with van der Waals surface area (Å²) in [4.78, 5) is 9.70. The fraction of sp³-hybridized carbons (Fsp3) is 0.0968. The third-order valence-electron chi connectivity index (χ3n) is 5.34. The molecule has 0 saturated carbocycles. The van der Waals surface area contributed by atoms with Gasteiger partial charge in [-0.15, -0.1) is 0 Å². The van der Waals surface area contributed by atoms with Crippen LogP contribution in [0.4, 0.5) is 0 Å².